The molecule has 2 fully saturated rings. The first-order valence-electron chi connectivity index (χ1n) is 7.46. The maximum absolute atomic E-state index is 11.1. The third kappa shape index (κ3) is 2.55. The van der Waals surface area contributed by atoms with E-state index in [9.17, 15) is 10.1 Å². The van der Waals surface area contributed by atoms with Gasteiger partial charge < -0.3 is 15.4 Å². The first-order chi connectivity index (χ1) is 10.1. The molecule has 6 nitrogen and oxygen atoms in total. The minimum atomic E-state index is -0.353. The van der Waals surface area contributed by atoms with E-state index in [-0.39, 0.29) is 16.7 Å². The summed E-state index contributed by atoms with van der Waals surface area (Å²) in [6.07, 6.45) is 5.28. The summed E-state index contributed by atoms with van der Waals surface area (Å²) in [4.78, 5) is 13.0. The van der Waals surface area contributed by atoms with Gasteiger partial charge in [-0.3, -0.25) is 10.1 Å². The van der Waals surface area contributed by atoms with Gasteiger partial charge in [0.1, 0.15) is 5.75 Å². The number of methoxy groups -OCH3 is 1. The molecule has 0 amide bonds. The number of hydrogen-bond acceptors (Lipinski definition) is 5. The molecule has 2 bridgehead atoms. The predicted molar refractivity (Wildman–Crippen MR) is 80.8 cm³/mol. The molecule has 2 heterocycles. The summed E-state index contributed by atoms with van der Waals surface area (Å²) >= 11 is 0. The Labute approximate surface area is 124 Å². The number of fused-ring (bicyclic) bond motifs is 2. The third-order valence-electron chi connectivity index (χ3n) is 4.66. The quantitative estimate of drug-likeness (QED) is 0.683. The number of nitro benzene ring substituents is 1. The summed E-state index contributed by atoms with van der Waals surface area (Å²) in [7, 11) is 1.61. The van der Waals surface area contributed by atoms with Gasteiger partial charge in [-0.1, -0.05) is 0 Å². The lowest BCUT2D eigenvalue weighted by molar-refractivity contribution is -0.384. The van der Waals surface area contributed by atoms with E-state index < -0.39 is 0 Å². The van der Waals surface area contributed by atoms with E-state index >= 15 is 0 Å². The highest BCUT2D eigenvalue weighted by Crippen LogP contribution is 2.42. The van der Waals surface area contributed by atoms with Crippen LogP contribution in [0.2, 0.25) is 0 Å². The van der Waals surface area contributed by atoms with E-state index in [4.69, 9.17) is 10.5 Å². The Morgan fingerprint density at radius 2 is 2.00 bits per heavy atom. The lowest BCUT2D eigenvalue weighted by Gasteiger charge is -2.49. The molecule has 0 aromatic heterocycles. The Morgan fingerprint density at radius 1 is 1.33 bits per heavy atom. The molecule has 114 valence electrons. The van der Waals surface area contributed by atoms with E-state index in [1.54, 1.807) is 19.2 Å². The van der Waals surface area contributed by atoms with Crippen molar-refractivity contribution in [2.24, 2.45) is 5.73 Å². The van der Waals surface area contributed by atoms with Crippen LogP contribution in [0.4, 0.5) is 11.4 Å². The smallest absolute Gasteiger partial charge is 0.271 e. The molecular formula is C15H21N3O3. The molecule has 2 N–H and O–H groups in total. The van der Waals surface area contributed by atoms with Crippen molar-refractivity contribution >= 4 is 11.4 Å². The number of rotatable bonds is 3. The van der Waals surface area contributed by atoms with Gasteiger partial charge in [0, 0.05) is 30.3 Å². The summed E-state index contributed by atoms with van der Waals surface area (Å²) in [6, 6.07) is 5.79. The van der Waals surface area contributed by atoms with Crippen molar-refractivity contribution in [3.05, 3.63) is 28.3 Å². The van der Waals surface area contributed by atoms with Crippen LogP contribution in [-0.4, -0.2) is 30.2 Å². The molecule has 0 aliphatic carbocycles. The highest BCUT2D eigenvalue weighted by Gasteiger charge is 2.38. The highest BCUT2D eigenvalue weighted by atomic mass is 16.6. The zero-order chi connectivity index (χ0) is 15.0. The van der Waals surface area contributed by atoms with Crippen LogP contribution in [0.25, 0.3) is 0 Å². The first-order valence-corrected chi connectivity index (χ1v) is 7.46. The van der Waals surface area contributed by atoms with Gasteiger partial charge in [0.25, 0.3) is 5.69 Å². The fraction of sp³-hybridized carbons (Fsp3) is 0.600. The van der Waals surface area contributed by atoms with Crippen LogP contribution in [0, 0.1) is 10.1 Å². The number of piperidine rings is 2. The van der Waals surface area contributed by atoms with Crippen LogP contribution in [0.1, 0.15) is 32.1 Å². The summed E-state index contributed by atoms with van der Waals surface area (Å²) < 4.78 is 5.43. The van der Waals surface area contributed by atoms with Gasteiger partial charge >= 0.3 is 0 Å². The van der Waals surface area contributed by atoms with Crippen LogP contribution in [0.15, 0.2) is 18.2 Å². The second kappa shape index (κ2) is 5.52. The minimum absolute atomic E-state index is 0.110. The Hall–Kier alpha value is -1.82. The Kier molecular flexibility index (Phi) is 3.71. The van der Waals surface area contributed by atoms with Gasteiger partial charge in [-0.2, -0.15) is 0 Å². The maximum Gasteiger partial charge on any atom is 0.271 e. The number of ether oxygens (including phenoxy) is 1. The molecular weight excluding hydrogens is 270 g/mol. The molecule has 1 aromatic carbocycles. The molecule has 0 saturated carbocycles. The zero-order valence-corrected chi connectivity index (χ0v) is 12.2. The topological polar surface area (TPSA) is 81.6 Å². The van der Waals surface area contributed by atoms with Crippen LogP contribution in [0.5, 0.6) is 5.75 Å². The van der Waals surface area contributed by atoms with Crippen LogP contribution in [-0.2, 0) is 0 Å². The predicted octanol–water partition coefficient (Wildman–Crippen LogP) is 2.45. The molecule has 1 aromatic rings. The fourth-order valence-electron chi connectivity index (χ4n) is 3.81. The second-order valence-corrected chi connectivity index (χ2v) is 5.99. The molecule has 2 aliphatic heterocycles. The van der Waals surface area contributed by atoms with Crippen molar-refractivity contribution in [2.75, 3.05) is 12.0 Å². The molecule has 2 aliphatic rings. The molecule has 0 spiro atoms. The average molecular weight is 291 g/mol. The number of nitrogens with two attached hydrogens (primary N) is 1. The van der Waals surface area contributed by atoms with Gasteiger partial charge in [-0.15, -0.1) is 0 Å². The average Bonchev–Trinajstić information content (AvgIpc) is 2.45. The Balaban J connectivity index is 2.01. The molecule has 3 rings (SSSR count). The van der Waals surface area contributed by atoms with Crippen LogP contribution < -0.4 is 15.4 Å². The maximum atomic E-state index is 11.1. The van der Waals surface area contributed by atoms with Crippen molar-refractivity contribution in [3.63, 3.8) is 0 Å². The number of non-ortho nitro benzene ring substituents is 1. The largest absolute Gasteiger partial charge is 0.495 e. The SMILES string of the molecule is COc1ccc([N+](=O)[O-])cc1N1C2CCCC1CC(N)C2. The Bertz CT molecular complexity index is 535. The van der Waals surface area contributed by atoms with Gasteiger partial charge in [-0.05, 0) is 38.2 Å². The van der Waals surface area contributed by atoms with Gasteiger partial charge in [0.05, 0.1) is 17.7 Å². The fourth-order valence-corrected chi connectivity index (χ4v) is 3.81. The van der Waals surface area contributed by atoms with Crippen molar-refractivity contribution in [2.45, 2.75) is 50.2 Å². The third-order valence-corrected chi connectivity index (χ3v) is 4.66. The lowest BCUT2D eigenvalue weighted by Crippen LogP contribution is -2.55. The lowest BCUT2D eigenvalue weighted by atomic mass is 9.81. The summed E-state index contributed by atoms with van der Waals surface area (Å²) in [5.74, 6) is 0.702. The Morgan fingerprint density at radius 3 is 2.57 bits per heavy atom. The molecule has 2 atom stereocenters. The summed E-state index contributed by atoms with van der Waals surface area (Å²) in [5.41, 5.74) is 7.10. The molecule has 2 unspecified atom stereocenters. The van der Waals surface area contributed by atoms with Crippen molar-refractivity contribution in [3.8, 4) is 5.75 Å². The summed E-state index contributed by atoms with van der Waals surface area (Å²) in [5, 5.41) is 11.1. The molecule has 0 radical (unpaired) electrons. The van der Waals surface area contributed by atoms with Crippen molar-refractivity contribution < 1.29 is 9.66 Å². The first kappa shape index (κ1) is 14.1. The number of hydrogen-bond donors (Lipinski definition) is 1. The van der Waals surface area contributed by atoms with Gasteiger partial charge in [0.15, 0.2) is 0 Å². The highest BCUT2D eigenvalue weighted by molar-refractivity contribution is 5.65. The van der Waals surface area contributed by atoms with Gasteiger partial charge in [-0.25, -0.2) is 0 Å². The van der Waals surface area contributed by atoms with Crippen LogP contribution in [0.3, 0.4) is 0 Å². The molecule has 2 saturated heterocycles. The van der Waals surface area contributed by atoms with Gasteiger partial charge in [0.2, 0.25) is 0 Å². The normalized spacial score (nSPS) is 28.3. The zero-order valence-electron chi connectivity index (χ0n) is 12.2. The number of nitrogens with zero attached hydrogens (tertiary/aromatic N) is 2. The van der Waals surface area contributed by atoms with Crippen LogP contribution >= 0.6 is 0 Å². The number of anilines is 1. The van der Waals surface area contributed by atoms with Crippen molar-refractivity contribution in [1.82, 2.24) is 0 Å². The van der Waals surface area contributed by atoms with E-state index in [0.29, 0.717) is 17.8 Å². The number of benzene rings is 1. The van der Waals surface area contributed by atoms with E-state index in [2.05, 4.69) is 4.90 Å². The molecule has 21 heavy (non-hydrogen) atoms. The summed E-state index contributed by atoms with van der Waals surface area (Å²) in [6.45, 7) is 0. The molecule has 6 heteroatoms. The van der Waals surface area contributed by atoms with E-state index in [1.807, 2.05) is 0 Å². The monoisotopic (exact) mass is 291 g/mol. The van der Waals surface area contributed by atoms with Crippen molar-refractivity contribution in [1.29, 1.82) is 0 Å². The second-order valence-electron chi connectivity index (χ2n) is 5.99. The van der Waals surface area contributed by atoms with E-state index in [0.717, 1.165) is 31.4 Å². The minimum Gasteiger partial charge on any atom is -0.495 e. The number of nitro groups is 1. The standard InChI is InChI=1S/C15H21N3O3/c1-21-15-6-5-13(18(19)20)9-14(15)17-11-3-2-4-12(17)8-10(16)7-11/h5-6,9-12H,2-4,7-8,16H2,1H3. The van der Waals surface area contributed by atoms with E-state index in [1.165, 1.54) is 12.5 Å².